The highest BCUT2D eigenvalue weighted by Gasteiger charge is 2.30. The fourth-order valence-electron chi connectivity index (χ4n) is 2.65. The van der Waals surface area contributed by atoms with E-state index in [1.807, 2.05) is 0 Å². The van der Waals surface area contributed by atoms with Crippen molar-refractivity contribution in [2.24, 2.45) is 5.92 Å². The van der Waals surface area contributed by atoms with Gasteiger partial charge in [-0.05, 0) is 44.6 Å². The highest BCUT2D eigenvalue weighted by Crippen LogP contribution is 2.28. The van der Waals surface area contributed by atoms with E-state index >= 15 is 0 Å². The Hall–Kier alpha value is -0.110. The predicted molar refractivity (Wildman–Crippen MR) is 52.5 cm³/mol. The van der Waals surface area contributed by atoms with Crippen LogP contribution >= 0.6 is 0 Å². The van der Waals surface area contributed by atoms with Gasteiger partial charge in [0.15, 0.2) is 0 Å². The lowest BCUT2D eigenvalue weighted by atomic mass is 9.96. The van der Waals surface area contributed by atoms with E-state index in [-0.39, 0.29) is 0 Å². The first-order chi connectivity index (χ1) is 6.25. The van der Waals surface area contributed by atoms with Gasteiger partial charge in [-0.2, -0.15) is 0 Å². The molecule has 0 aromatic heterocycles. The summed E-state index contributed by atoms with van der Waals surface area (Å²) >= 11 is 0. The lowest BCUT2D eigenvalue weighted by molar-refractivity contribution is 0.0923. The third-order valence-electron chi connectivity index (χ3n) is 3.68. The molecule has 76 valence electrons. The van der Waals surface area contributed by atoms with E-state index in [4.69, 9.17) is 0 Å². The second-order valence-corrected chi connectivity index (χ2v) is 4.78. The topological polar surface area (TPSA) is 3.24 Å². The number of rotatable bonds is 0. The summed E-state index contributed by atoms with van der Waals surface area (Å²) in [4.78, 5) is 2.51. The second kappa shape index (κ2) is 3.95. The zero-order valence-electron chi connectivity index (χ0n) is 8.51. The van der Waals surface area contributed by atoms with Crippen LogP contribution in [-0.4, -0.2) is 30.2 Å². The molecule has 3 unspecified atom stereocenters. The molecule has 0 amide bonds. The van der Waals surface area contributed by atoms with Crippen LogP contribution in [0.5, 0.6) is 0 Å². The number of halogens is 1. The Morgan fingerprint density at radius 2 is 1.85 bits per heavy atom. The van der Waals surface area contributed by atoms with E-state index in [1.54, 1.807) is 0 Å². The van der Waals surface area contributed by atoms with Crippen LogP contribution < -0.4 is 0 Å². The number of hydrogen-bond acceptors (Lipinski definition) is 1. The Morgan fingerprint density at radius 3 is 2.69 bits per heavy atom. The minimum Gasteiger partial charge on any atom is -0.300 e. The molecule has 1 nitrogen and oxygen atoms in total. The lowest BCUT2D eigenvalue weighted by Crippen LogP contribution is -2.42. The van der Waals surface area contributed by atoms with Gasteiger partial charge in [-0.25, -0.2) is 4.39 Å². The predicted octanol–water partition coefficient (Wildman–Crippen LogP) is 2.61. The smallest absolute Gasteiger partial charge is 0.103 e. The van der Waals surface area contributed by atoms with Crippen molar-refractivity contribution in [3.05, 3.63) is 0 Å². The Labute approximate surface area is 80.3 Å². The summed E-state index contributed by atoms with van der Waals surface area (Å²) in [5.41, 5.74) is 0. The minimum atomic E-state index is -0.519. The van der Waals surface area contributed by atoms with E-state index in [9.17, 15) is 4.39 Å². The first-order valence-electron chi connectivity index (χ1n) is 5.64. The number of nitrogens with zero attached hydrogens (tertiary/aromatic N) is 1. The third-order valence-corrected chi connectivity index (χ3v) is 3.68. The fourth-order valence-corrected chi connectivity index (χ4v) is 2.65. The summed E-state index contributed by atoms with van der Waals surface area (Å²) in [6.45, 7) is 4.53. The maximum absolute atomic E-state index is 13.2. The first kappa shape index (κ1) is 9.45. The highest BCUT2D eigenvalue weighted by molar-refractivity contribution is 4.84. The molecule has 0 bridgehead atoms. The summed E-state index contributed by atoms with van der Waals surface area (Å²) in [6.07, 6.45) is 4.88. The molecule has 0 N–H and O–H groups in total. The van der Waals surface area contributed by atoms with E-state index in [0.29, 0.717) is 6.04 Å². The third kappa shape index (κ3) is 2.22. The van der Waals surface area contributed by atoms with Crippen LogP contribution in [0.2, 0.25) is 0 Å². The van der Waals surface area contributed by atoms with Crippen LogP contribution in [0.1, 0.15) is 39.0 Å². The van der Waals surface area contributed by atoms with Gasteiger partial charge in [-0.3, -0.25) is 0 Å². The molecule has 2 rings (SSSR count). The molecule has 0 aromatic carbocycles. The molecule has 0 aromatic rings. The maximum Gasteiger partial charge on any atom is 0.103 e. The zero-order valence-corrected chi connectivity index (χ0v) is 8.51. The van der Waals surface area contributed by atoms with Crippen molar-refractivity contribution in [3.63, 3.8) is 0 Å². The van der Waals surface area contributed by atoms with Gasteiger partial charge in [0, 0.05) is 12.6 Å². The number of hydrogen-bond donors (Lipinski definition) is 0. The van der Waals surface area contributed by atoms with Crippen LogP contribution in [0.4, 0.5) is 4.39 Å². The molecule has 2 saturated heterocycles. The molecule has 13 heavy (non-hydrogen) atoms. The van der Waals surface area contributed by atoms with Gasteiger partial charge in [-0.1, -0.05) is 6.92 Å². The second-order valence-electron chi connectivity index (χ2n) is 4.78. The molecule has 2 aliphatic heterocycles. The Balaban J connectivity index is 1.95. The molecular formula is C11H20FN. The van der Waals surface area contributed by atoms with Crippen molar-refractivity contribution in [3.8, 4) is 0 Å². The Kier molecular flexibility index (Phi) is 2.87. The average molecular weight is 185 g/mol. The van der Waals surface area contributed by atoms with Crippen LogP contribution in [0.25, 0.3) is 0 Å². The van der Waals surface area contributed by atoms with Gasteiger partial charge < -0.3 is 4.90 Å². The molecule has 0 saturated carbocycles. The minimum absolute atomic E-state index is 0.519. The molecule has 0 spiro atoms. The summed E-state index contributed by atoms with van der Waals surface area (Å²) in [5, 5.41) is 0. The number of alkyl halides is 1. The summed E-state index contributed by atoms with van der Waals surface area (Å²) < 4.78 is 13.2. The van der Waals surface area contributed by atoms with Crippen molar-refractivity contribution in [1.29, 1.82) is 0 Å². The van der Waals surface area contributed by atoms with Crippen LogP contribution in [0.3, 0.4) is 0 Å². The van der Waals surface area contributed by atoms with Crippen LogP contribution in [0.15, 0.2) is 0 Å². The lowest BCUT2D eigenvalue weighted by Gasteiger charge is -2.35. The van der Waals surface area contributed by atoms with Crippen molar-refractivity contribution >= 4 is 0 Å². The molecule has 2 fully saturated rings. The summed E-state index contributed by atoms with van der Waals surface area (Å²) in [6, 6.07) is 0.564. The van der Waals surface area contributed by atoms with Gasteiger partial charge in [0.05, 0.1) is 0 Å². The van der Waals surface area contributed by atoms with Crippen molar-refractivity contribution in [2.45, 2.75) is 51.2 Å². The van der Waals surface area contributed by atoms with Gasteiger partial charge in [0.2, 0.25) is 0 Å². The molecule has 2 heteroatoms. The number of piperidine rings is 1. The largest absolute Gasteiger partial charge is 0.300 e. The van der Waals surface area contributed by atoms with Crippen LogP contribution in [-0.2, 0) is 0 Å². The number of fused-ring (bicyclic) bond motifs is 1. The highest BCUT2D eigenvalue weighted by atomic mass is 19.1. The maximum atomic E-state index is 13.2. The zero-order chi connectivity index (χ0) is 9.26. The summed E-state index contributed by atoms with van der Waals surface area (Å²) in [5.74, 6) is 0.851. The van der Waals surface area contributed by atoms with Crippen molar-refractivity contribution in [1.82, 2.24) is 4.90 Å². The van der Waals surface area contributed by atoms with Gasteiger partial charge in [0.25, 0.3) is 0 Å². The SMILES string of the molecule is CC1CCC2CC(F)CCN2CC1. The molecule has 0 aliphatic carbocycles. The van der Waals surface area contributed by atoms with Gasteiger partial charge >= 0.3 is 0 Å². The standard InChI is InChI=1S/C11H20FN/c1-9-2-3-11-8-10(12)5-7-13(11)6-4-9/h9-11H,2-8H2,1H3. The van der Waals surface area contributed by atoms with E-state index in [2.05, 4.69) is 11.8 Å². The van der Waals surface area contributed by atoms with Gasteiger partial charge in [-0.15, -0.1) is 0 Å². The van der Waals surface area contributed by atoms with Crippen LogP contribution in [0, 0.1) is 5.92 Å². The average Bonchev–Trinajstić information content (AvgIpc) is 2.29. The molecular weight excluding hydrogens is 165 g/mol. The monoisotopic (exact) mass is 185 g/mol. The summed E-state index contributed by atoms with van der Waals surface area (Å²) in [7, 11) is 0. The Bertz CT molecular complexity index is 171. The molecule has 2 aliphatic rings. The van der Waals surface area contributed by atoms with E-state index < -0.39 is 6.17 Å². The molecule has 3 atom stereocenters. The van der Waals surface area contributed by atoms with Crippen molar-refractivity contribution in [2.75, 3.05) is 13.1 Å². The van der Waals surface area contributed by atoms with Gasteiger partial charge in [0.1, 0.15) is 6.17 Å². The quantitative estimate of drug-likeness (QED) is 0.560. The van der Waals surface area contributed by atoms with Crippen molar-refractivity contribution < 1.29 is 4.39 Å². The molecule has 2 heterocycles. The first-order valence-corrected chi connectivity index (χ1v) is 5.64. The Morgan fingerprint density at radius 1 is 1.08 bits per heavy atom. The molecule has 0 radical (unpaired) electrons. The van der Waals surface area contributed by atoms with E-state index in [1.165, 1.54) is 25.8 Å². The normalized spacial score (nSPS) is 42.5. The van der Waals surface area contributed by atoms with E-state index in [0.717, 1.165) is 25.3 Å². The fraction of sp³-hybridized carbons (Fsp3) is 1.00.